The first-order valence-electron chi connectivity index (χ1n) is 7.49. The molecule has 1 aliphatic carbocycles. The van der Waals surface area contributed by atoms with Crippen LogP contribution in [0.1, 0.15) is 52.9 Å². The molecule has 0 aliphatic heterocycles. The summed E-state index contributed by atoms with van der Waals surface area (Å²) in [5.74, 6) is 0.664. The Bertz CT molecular complexity index is 302. The summed E-state index contributed by atoms with van der Waals surface area (Å²) in [7, 11) is 0. The number of amides is 1. The van der Waals surface area contributed by atoms with Gasteiger partial charge in [-0.15, -0.1) is 0 Å². The van der Waals surface area contributed by atoms with Gasteiger partial charge in [0.15, 0.2) is 0 Å². The second-order valence-electron chi connectivity index (χ2n) is 5.68. The average molecular weight is 269 g/mol. The third-order valence-corrected chi connectivity index (χ3v) is 3.97. The Labute approximate surface area is 116 Å². The lowest BCUT2D eigenvalue weighted by atomic mass is 9.79. The van der Waals surface area contributed by atoms with Crippen LogP contribution in [0.4, 0.5) is 0 Å². The van der Waals surface area contributed by atoms with Crippen LogP contribution in [0.2, 0.25) is 0 Å². The average Bonchev–Trinajstić information content (AvgIpc) is 2.61. The molecule has 2 atom stereocenters. The molecule has 0 bridgehead atoms. The Morgan fingerprint density at radius 1 is 1.21 bits per heavy atom. The van der Waals surface area contributed by atoms with Gasteiger partial charge in [0.25, 0.3) is 0 Å². The highest BCUT2D eigenvalue weighted by atomic mass is 16.5. The van der Waals surface area contributed by atoms with Crippen molar-refractivity contribution in [2.75, 3.05) is 13.2 Å². The maximum absolute atomic E-state index is 12.3. The number of ether oxygens (including phenoxy) is 1. The molecule has 4 heteroatoms. The first-order valence-corrected chi connectivity index (χ1v) is 7.49. The van der Waals surface area contributed by atoms with Gasteiger partial charge in [-0.1, -0.05) is 33.1 Å². The smallest absolute Gasteiger partial charge is 0.325 e. The van der Waals surface area contributed by atoms with Crippen molar-refractivity contribution in [1.82, 2.24) is 5.32 Å². The van der Waals surface area contributed by atoms with E-state index >= 15 is 0 Å². The SMILES string of the molecule is CCOC(=O)CNC(=O)C1CCCCCC1C(C)C. The molecule has 0 aromatic rings. The molecule has 1 rings (SSSR count). The summed E-state index contributed by atoms with van der Waals surface area (Å²) in [6.45, 7) is 6.48. The zero-order valence-electron chi connectivity index (χ0n) is 12.4. The van der Waals surface area contributed by atoms with Crippen LogP contribution in [0.15, 0.2) is 0 Å². The quantitative estimate of drug-likeness (QED) is 0.616. The third-order valence-electron chi connectivity index (χ3n) is 3.97. The molecule has 4 nitrogen and oxygen atoms in total. The highest BCUT2D eigenvalue weighted by Gasteiger charge is 2.31. The maximum Gasteiger partial charge on any atom is 0.325 e. The summed E-state index contributed by atoms with van der Waals surface area (Å²) in [5.41, 5.74) is 0. The number of esters is 1. The lowest BCUT2D eigenvalue weighted by Crippen LogP contribution is -2.39. The van der Waals surface area contributed by atoms with Crippen molar-refractivity contribution in [1.29, 1.82) is 0 Å². The van der Waals surface area contributed by atoms with E-state index in [2.05, 4.69) is 19.2 Å². The van der Waals surface area contributed by atoms with Crippen molar-refractivity contribution < 1.29 is 14.3 Å². The molecular weight excluding hydrogens is 242 g/mol. The number of hydrogen-bond acceptors (Lipinski definition) is 3. The first-order chi connectivity index (χ1) is 9.06. The minimum atomic E-state index is -0.356. The Morgan fingerprint density at radius 3 is 2.53 bits per heavy atom. The predicted molar refractivity (Wildman–Crippen MR) is 74.5 cm³/mol. The highest BCUT2D eigenvalue weighted by molar-refractivity contribution is 5.83. The number of nitrogens with one attached hydrogen (secondary N) is 1. The van der Waals surface area contributed by atoms with Crippen LogP contribution >= 0.6 is 0 Å². The molecule has 2 unspecified atom stereocenters. The van der Waals surface area contributed by atoms with E-state index in [0.717, 1.165) is 19.3 Å². The largest absolute Gasteiger partial charge is 0.465 e. The van der Waals surface area contributed by atoms with E-state index < -0.39 is 0 Å². The zero-order valence-corrected chi connectivity index (χ0v) is 12.4. The molecule has 0 aromatic carbocycles. The summed E-state index contributed by atoms with van der Waals surface area (Å²) in [6.07, 6.45) is 5.60. The molecule has 0 saturated heterocycles. The van der Waals surface area contributed by atoms with Crippen molar-refractivity contribution in [3.8, 4) is 0 Å². The van der Waals surface area contributed by atoms with E-state index in [-0.39, 0.29) is 24.3 Å². The third kappa shape index (κ3) is 5.21. The fourth-order valence-electron chi connectivity index (χ4n) is 2.96. The Balaban J connectivity index is 2.53. The van der Waals surface area contributed by atoms with Crippen LogP contribution in [0, 0.1) is 17.8 Å². The van der Waals surface area contributed by atoms with Crippen molar-refractivity contribution in [2.45, 2.75) is 52.9 Å². The van der Waals surface area contributed by atoms with Crippen molar-refractivity contribution in [3.63, 3.8) is 0 Å². The molecule has 1 aliphatic rings. The Kier molecular flexibility index (Phi) is 6.89. The molecule has 1 amide bonds. The summed E-state index contributed by atoms with van der Waals surface area (Å²) in [5, 5.41) is 2.74. The predicted octanol–water partition coefficient (Wildman–Crippen LogP) is 2.52. The van der Waals surface area contributed by atoms with Gasteiger partial charge in [-0.05, 0) is 31.6 Å². The van der Waals surface area contributed by atoms with Crippen LogP contribution in [-0.4, -0.2) is 25.0 Å². The molecular formula is C15H27NO3. The van der Waals surface area contributed by atoms with Gasteiger partial charge in [-0.3, -0.25) is 9.59 Å². The fraction of sp³-hybridized carbons (Fsp3) is 0.867. The topological polar surface area (TPSA) is 55.4 Å². The van der Waals surface area contributed by atoms with E-state index in [0.29, 0.717) is 18.4 Å². The molecule has 1 fully saturated rings. The highest BCUT2D eigenvalue weighted by Crippen LogP contribution is 2.33. The number of carbonyl (C=O) groups is 2. The molecule has 0 aromatic heterocycles. The van der Waals surface area contributed by atoms with Gasteiger partial charge in [0.05, 0.1) is 6.61 Å². The molecule has 19 heavy (non-hydrogen) atoms. The van der Waals surface area contributed by atoms with Gasteiger partial charge < -0.3 is 10.1 Å². The van der Waals surface area contributed by atoms with Gasteiger partial charge in [0, 0.05) is 5.92 Å². The lowest BCUT2D eigenvalue weighted by molar-refractivity contribution is -0.144. The number of carbonyl (C=O) groups excluding carboxylic acids is 2. The Morgan fingerprint density at radius 2 is 1.89 bits per heavy atom. The lowest BCUT2D eigenvalue weighted by Gasteiger charge is -2.27. The van der Waals surface area contributed by atoms with E-state index in [1.807, 2.05) is 0 Å². The normalized spacial score (nSPS) is 23.8. The van der Waals surface area contributed by atoms with Crippen LogP contribution < -0.4 is 5.32 Å². The van der Waals surface area contributed by atoms with E-state index in [1.165, 1.54) is 12.8 Å². The van der Waals surface area contributed by atoms with E-state index in [1.54, 1.807) is 6.92 Å². The van der Waals surface area contributed by atoms with Crippen LogP contribution in [0.25, 0.3) is 0 Å². The molecule has 0 heterocycles. The van der Waals surface area contributed by atoms with Gasteiger partial charge in [-0.25, -0.2) is 0 Å². The van der Waals surface area contributed by atoms with Gasteiger partial charge in [0.2, 0.25) is 5.91 Å². The fourth-order valence-corrected chi connectivity index (χ4v) is 2.96. The first kappa shape index (κ1) is 16.0. The minimum absolute atomic E-state index is 0.00596. The van der Waals surface area contributed by atoms with E-state index in [4.69, 9.17) is 4.74 Å². The van der Waals surface area contributed by atoms with Gasteiger partial charge in [-0.2, -0.15) is 0 Å². The standard InChI is InChI=1S/C15H27NO3/c1-4-19-14(17)10-16-15(18)13-9-7-5-6-8-12(13)11(2)3/h11-13H,4-10H2,1-3H3,(H,16,18). The number of rotatable bonds is 5. The van der Waals surface area contributed by atoms with Crippen LogP contribution in [0.3, 0.4) is 0 Å². The summed E-state index contributed by atoms with van der Waals surface area (Å²) < 4.78 is 4.82. The van der Waals surface area contributed by atoms with Crippen molar-refractivity contribution in [2.24, 2.45) is 17.8 Å². The summed E-state index contributed by atoms with van der Waals surface area (Å²) in [6, 6.07) is 0. The molecule has 110 valence electrons. The molecule has 1 N–H and O–H groups in total. The summed E-state index contributed by atoms with van der Waals surface area (Å²) in [4.78, 5) is 23.5. The molecule has 1 saturated carbocycles. The zero-order chi connectivity index (χ0) is 14.3. The van der Waals surface area contributed by atoms with Crippen LogP contribution in [-0.2, 0) is 14.3 Å². The summed E-state index contributed by atoms with van der Waals surface area (Å²) >= 11 is 0. The van der Waals surface area contributed by atoms with Gasteiger partial charge in [0.1, 0.15) is 6.54 Å². The van der Waals surface area contributed by atoms with Crippen molar-refractivity contribution >= 4 is 11.9 Å². The van der Waals surface area contributed by atoms with E-state index in [9.17, 15) is 9.59 Å². The van der Waals surface area contributed by atoms with Gasteiger partial charge >= 0.3 is 5.97 Å². The Hall–Kier alpha value is -1.06. The van der Waals surface area contributed by atoms with Crippen LogP contribution in [0.5, 0.6) is 0 Å². The minimum Gasteiger partial charge on any atom is -0.465 e. The maximum atomic E-state index is 12.3. The second kappa shape index (κ2) is 8.18. The number of hydrogen-bond donors (Lipinski definition) is 1. The van der Waals surface area contributed by atoms with Crippen molar-refractivity contribution in [3.05, 3.63) is 0 Å². The molecule has 0 spiro atoms. The second-order valence-corrected chi connectivity index (χ2v) is 5.68. The molecule has 0 radical (unpaired) electrons. The monoisotopic (exact) mass is 269 g/mol.